The van der Waals surface area contributed by atoms with Crippen molar-refractivity contribution in [3.63, 3.8) is 0 Å². The van der Waals surface area contributed by atoms with E-state index in [1.807, 2.05) is 43.3 Å². The van der Waals surface area contributed by atoms with Gasteiger partial charge in [0.2, 0.25) is 0 Å². The number of hydrogen-bond acceptors (Lipinski definition) is 5. The van der Waals surface area contributed by atoms with Crippen molar-refractivity contribution < 1.29 is 24.2 Å². The van der Waals surface area contributed by atoms with Crippen LogP contribution >= 0.6 is 0 Å². The smallest absolute Gasteiger partial charge is 0.295 e. The number of rotatable bonds is 9. The van der Waals surface area contributed by atoms with E-state index in [9.17, 15) is 14.7 Å². The second-order valence-electron chi connectivity index (χ2n) is 8.43. The molecule has 170 valence electrons. The van der Waals surface area contributed by atoms with Gasteiger partial charge in [-0.25, -0.2) is 0 Å². The molecule has 1 heterocycles. The molecule has 32 heavy (non-hydrogen) atoms. The number of ketones is 1. The number of amides is 1. The highest BCUT2D eigenvalue weighted by Crippen LogP contribution is 2.40. The highest BCUT2D eigenvalue weighted by molar-refractivity contribution is 6.46. The zero-order valence-electron chi connectivity index (χ0n) is 19.1. The molecule has 1 amide bonds. The third-order valence-electron chi connectivity index (χ3n) is 5.44. The average molecular weight is 438 g/mol. The van der Waals surface area contributed by atoms with Gasteiger partial charge in [0.15, 0.2) is 0 Å². The van der Waals surface area contributed by atoms with E-state index in [-0.39, 0.29) is 11.3 Å². The van der Waals surface area contributed by atoms with Crippen molar-refractivity contribution in [1.82, 2.24) is 4.90 Å². The van der Waals surface area contributed by atoms with Gasteiger partial charge in [-0.1, -0.05) is 44.2 Å². The Hall–Kier alpha value is -3.12. The number of ether oxygens (including phenoxy) is 2. The minimum atomic E-state index is -0.673. The van der Waals surface area contributed by atoms with Gasteiger partial charge >= 0.3 is 0 Å². The highest BCUT2D eigenvalue weighted by atomic mass is 16.5. The molecule has 3 rings (SSSR count). The summed E-state index contributed by atoms with van der Waals surface area (Å²) in [5.74, 6) is -0.352. The molecule has 6 nitrogen and oxygen atoms in total. The maximum Gasteiger partial charge on any atom is 0.295 e. The van der Waals surface area contributed by atoms with Crippen molar-refractivity contribution in [3.8, 4) is 5.75 Å². The van der Waals surface area contributed by atoms with E-state index in [4.69, 9.17) is 9.47 Å². The molecule has 0 unspecified atom stereocenters. The van der Waals surface area contributed by atoms with Gasteiger partial charge in [-0.3, -0.25) is 9.59 Å². The number of hydrogen-bond donors (Lipinski definition) is 1. The standard InChI is InChI=1S/C26H31NO5/c1-17(2)16-32-20-11-12-21(18(3)15-20)24(28)22-23(19-9-6-5-7-10-19)27(13-8-14-31-4)26(30)25(22)29/h5-7,9-12,15,17,23,28H,8,13-14,16H2,1-4H3/t23-/m0/s1. The summed E-state index contributed by atoms with van der Waals surface area (Å²) >= 11 is 0. The number of aliphatic hydroxyl groups is 1. The zero-order valence-corrected chi connectivity index (χ0v) is 19.1. The molecule has 1 saturated heterocycles. The monoisotopic (exact) mass is 437 g/mol. The molecule has 0 aromatic heterocycles. The van der Waals surface area contributed by atoms with Crippen LogP contribution in [0.25, 0.3) is 5.76 Å². The molecule has 0 saturated carbocycles. The summed E-state index contributed by atoms with van der Waals surface area (Å²) in [6.07, 6.45) is 0.591. The number of Topliss-reactive ketones (excluding diaryl/α,β-unsaturated/α-hetero) is 1. The third-order valence-corrected chi connectivity index (χ3v) is 5.44. The molecule has 0 bridgehead atoms. The lowest BCUT2D eigenvalue weighted by molar-refractivity contribution is -0.140. The van der Waals surface area contributed by atoms with Gasteiger partial charge in [-0.15, -0.1) is 0 Å². The first-order valence-electron chi connectivity index (χ1n) is 10.9. The fraction of sp³-hybridized carbons (Fsp3) is 0.385. The fourth-order valence-corrected chi connectivity index (χ4v) is 3.87. The fourth-order valence-electron chi connectivity index (χ4n) is 3.87. The van der Waals surface area contributed by atoms with E-state index in [0.717, 1.165) is 11.1 Å². The summed E-state index contributed by atoms with van der Waals surface area (Å²) in [6.45, 7) is 7.41. The molecule has 1 atom stereocenters. The molecule has 0 radical (unpaired) electrons. The average Bonchev–Trinajstić information content (AvgIpc) is 3.03. The van der Waals surface area contributed by atoms with Gasteiger partial charge in [-0.2, -0.15) is 0 Å². The van der Waals surface area contributed by atoms with Crippen LogP contribution in [0.4, 0.5) is 0 Å². The zero-order chi connectivity index (χ0) is 23.3. The van der Waals surface area contributed by atoms with Crippen molar-refractivity contribution in [2.24, 2.45) is 5.92 Å². The van der Waals surface area contributed by atoms with E-state index in [2.05, 4.69) is 13.8 Å². The van der Waals surface area contributed by atoms with E-state index in [1.165, 1.54) is 4.90 Å². The molecule has 0 aliphatic carbocycles. The van der Waals surface area contributed by atoms with E-state index >= 15 is 0 Å². The van der Waals surface area contributed by atoms with Crippen LogP contribution < -0.4 is 4.74 Å². The van der Waals surface area contributed by atoms with Crippen molar-refractivity contribution in [1.29, 1.82) is 0 Å². The lowest BCUT2D eigenvalue weighted by Gasteiger charge is -2.25. The van der Waals surface area contributed by atoms with Gasteiger partial charge in [0.1, 0.15) is 11.5 Å². The Kier molecular flexibility index (Phi) is 7.70. The quantitative estimate of drug-likeness (QED) is 0.271. The number of methoxy groups -OCH3 is 1. The second-order valence-corrected chi connectivity index (χ2v) is 8.43. The van der Waals surface area contributed by atoms with Gasteiger partial charge in [-0.05, 0) is 48.6 Å². The minimum Gasteiger partial charge on any atom is -0.507 e. The number of likely N-dealkylation sites (tertiary alicyclic amines) is 1. The van der Waals surface area contributed by atoms with Crippen LogP contribution in [-0.4, -0.2) is 48.6 Å². The van der Waals surface area contributed by atoms with Crippen LogP contribution in [0.3, 0.4) is 0 Å². The normalized spacial score (nSPS) is 17.9. The van der Waals surface area contributed by atoms with Crippen molar-refractivity contribution >= 4 is 17.4 Å². The third kappa shape index (κ3) is 5.02. The first-order valence-corrected chi connectivity index (χ1v) is 10.9. The summed E-state index contributed by atoms with van der Waals surface area (Å²) < 4.78 is 10.9. The minimum absolute atomic E-state index is 0.109. The second kappa shape index (κ2) is 10.5. The first kappa shape index (κ1) is 23.5. The number of nitrogens with zero attached hydrogens (tertiary/aromatic N) is 1. The van der Waals surface area contributed by atoms with Crippen LogP contribution in [0.2, 0.25) is 0 Å². The van der Waals surface area contributed by atoms with Crippen LogP contribution in [0.5, 0.6) is 5.75 Å². The molecule has 2 aromatic carbocycles. The summed E-state index contributed by atoms with van der Waals surface area (Å²) in [5, 5.41) is 11.2. The molecule has 1 N–H and O–H groups in total. The van der Waals surface area contributed by atoms with Gasteiger partial charge in [0.25, 0.3) is 11.7 Å². The van der Waals surface area contributed by atoms with Crippen LogP contribution in [0.15, 0.2) is 54.1 Å². The number of carbonyl (C=O) groups is 2. The summed E-state index contributed by atoms with van der Waals surface area (Å²) in [7, 11) is 1.60. The molecule has 2 aromatic rings. The summed E-state index contributed by atoms with van der Waals surface area (Å²) in [6, 6.07) is 14.0. The van der Waals surface area contributed by atoms with Gasteiger partial charge in [0.05, 0.1) is 18.2 Å². The molecular formula is C26H31NO5. The molecular weight excluding hydrogens is 406 g/mol. The Morgan fingerprint density at radius 3 is 2.47 bits per heavy atom. The van der Waals surface area contributed by atoms with Crippen molar-refractivity contribution in [2.75, 3.05) is 26.9 Å². The maximum atomic E-state index is 13.0. The van der Waals surface area contributed by atoms with Crippen LogP contribution in [0.1, 0.15) is 43.0 Å². The molecule has 0 spiro atoms. The molecule has 1 fully saturated rings. The highest BCUT2D eigenvalue weighted by Gasteiger charge is 2.45. The molecule has 1 aliphatic rings. The number of benzene rings is 2. The van der Waals surface area contributed by atoms with Crippen molar-refractivity contribution in [2.45, 2.75) is 33.2 Å². The van der Waals surface area contributed by atoms with E-state index < -0.39 is 17.7 Å². The Bertz CT molecular complexity index is 997. The topological polar surface area (TPSA) is 76.1 Å². The lowest BCUT2D eigenvalue weighted by Crippen LogP contribution is -2.31. The van der Waals surface area contributed by atoms with Gasteiger partial charge in [0, 0.05) is 25.8 Å². The predicted molar refractivity (Wildman–Crippen MR) is 123 cm³/mol. The lowest BCUT2D eigenvalue weighted by atomic mass is 9.94. The number of aryl methyl sites for hydroxylation is 1. The Balaban J connectivity index is 2.04. The summed E-state index contributed by atoms with van der Waals surface area (Å²) in [4.78, 5) is 27.5. The summed E-state index contributed by atoms with van der Waals surface area (Å²) in [5.41, 5.74) is 2.16. The predicted octanol–water partition coefficient (Wildman–Crippen LogP) is 4.49. The number of carbonyl (C=O) groups excluding carboxylic acids is 2. The SMILES string of the molecule is COCCCN1C(=O)C(=O)C(=C(O)c2ccc(OCC(C)C)cc2C)[C@@H]1c1ccccc1. The van der Waals surface area contributed by atoms with E-state index in [1.54, 1.807) is 19.2 Å². The number of aliphatic hydroxyl groups excluding tert-OH is 1. The Morgan fingerprint density at radius 2 is 1.84 bits per heavy atom. The first-order chi connectivity index (χ1) is 15.3. The van der Waals surface area contributed by atoms with Crippen LogP contribution in [0, 0.1) is 12.8 Å². The largest absolute Gasteiger partial charge is 0.507 e. The van der Waals surface area contributed by atoms with Crippen LogP contribution in [-0.2, 0) is 14.3 Å². The van der Waals surface area contributed by atoms with Crippen molar-refractivity contribution in [3.05, 3.63) is 70.8 Å². The Morgan fingerprint density at radius 1 is 1.12 bits per heavy atom. The Labute approximate surface area is 189 Å². The van der Waals surface area contributed by atoms with Gasteiger partial charge < -0.3 is 19.5 Å². The van der Waals surface area contributed by atoms with E-state index in [0.29, 0.717) is 43.4 Å². The molecule has 1 aliphatic heterocycles. The molecule has 6 heteroatoms. The maximum absolute atomic E-state index is 13.0.